The van der Waals surface area contributed by atoms with Crippen molar-refractivity contribution in [3.63, 3.8) is 0 Å². The number of nitrogen functional groups attached to an aromatic ring is 1. The SMILES string of the molecule is COc1cc2c(C(=O)NCc3c(C)cc(N)nc3C)nn(Cc3ccc4ncc(Cl)cc4c3)c2cn1. The summed E-state index contributed by atoms with van der Waals surface area (Å²) in [5.74, 6) is 0.546. The number of anilines is 1. The zero-order chi connectivity index (χ0) is 25.4. The van der Waals surface area contributed by atoms with Crippen LogP contribution < -0.4 is 15.8 Å². The van der Waals surface area contributed by atoms with E-state index >= 15 is 0 Å². The summed E-state index contributed by atoms with van der Waals surface area (Å²) in [6.45, 7) is 4.55. The second-order valence-corrected chi connectivity index (χ2v) is 8.98. The minimum absolute atomic E-state index is 0.287. The molecule has 0 spiro atoms. The van der Waals surface area contributed by atoms with Crippen molar-refractivity contribution < 1.29 is 9.53 Å². The van der Waals surface area contributed by atoms with E-state index in [1.807, 2.05) is 38.1 Å². The number of nitrogens with one attached hydrogen (secondary N) is 1. The number of hydrogen-bond donors (Lipinski definition) is 2. The predicted octanol–water partition coefficient (Wildman–Crippen LogP) is 4.21. The number of benzene rings is 1. The molecule has 0 aliphatic carbocycles. The molecule has 10 heteroatoms. The monoisotopic (exact) mass is 501 g/mol. The van der Waals surface area contributed by atoms with Crippen LogP contribution in [0.4, 0.5) is 5.82 Å². The zero-order valence-corrected chi connectivity index (χ0v) is 20.8. The lowest BCUT2D eigenvalue weighted by atomic mass is 10.1. The van der Waals surface area contributed by atoms with Gasteiger partial charge in [-0.05, 0) is 54.8 Å². The first kappa shape index (κ1) is 23.5. The van der Waals surface area contributed by atoms with E-state index in [1.165, 1.54) is 7.11 Å². The Morgan fingerprint density at radius 1 is 1.14 bits per heavy atom. The molecule has 0 unspecified atom stereocenters. The van der Waals surface area contributed by atoms with Gasteiger partial charge in [0.25, 0.3) is 5.91 Å². The minimum Gasteiger partial charge on any atom is -0.481 e. The summed E-state index contributed by atoms with van der Waals surface area (Å²) in [5.41, 5.74) is 11.3. The van der Waals surface area contributed by atoms with Crippen LogP contribution in [0.2, 0.25) is 5.02 Å². The number of amides is 1. The Kier molecular flexibility index (Phi) is 6.15. The van der Waals surface area contributed by atoms with Crippen molar-refractivity contribution in [1.82, 2.24) is 30.0 Å². The summed E-state index contributed by atoms with van der Waals surface area (Å²) < 4.78 is 7.06. The number of nitrogens with zero attached hydrogens (tertiary/aromatic N) is 5. The van der Waals surface area contributed by atoms with Gasteiger partial charge in [0.2, 0.25) is 5.88 Å². The molecule has 182 valence electrons. The van der Waals surface area contributed by atoms with Crippen LogP contribution in [0, 0.1) is 13.8 Å². The summed E-state index contributed by atoms with van der Waals surface area (Å²) in [4.78, 5) is 26.3. The first-order chi connectivity index (χ1) is 17.3. The quantitative estimate of drug-likeness (QED) is 0.357. The molecular weight excluding hydrogens is 478 g/mol. The number of rotatable bonds is 6. The molecule has 0 saturated heterocycles. The Bertz CT molecular complexity index is 1610. The number of nitrogens with two attached hydrogens (primary N) is 1. The number of aryl methyl sites for hydroxylation is 2. The highest BCUT2D eigenvalue weighted by Crippen LogP contribution is 2.25. The van der Waals surface area contributed by atoms with Gasteiger partial charge in [0.05, 0.1) is 35.9 Å². The van der Waals surface area contributed by atoms with E-state index in [2.05, 4.69) is 25.4 Å². The number of hydrogen-bond acceptors (Lipinski definition) is 7. The van der Waals surface area contributed by atoms with Crippen molar-refractivity contribution in [3.05, 3.63) is 81.9 Å². The average Bonchev–Trinajstić information content (AvgIpc) is 3.20. The van der Waals surface area contributed by atoms with Crippen molar-refractivity contribution in [1.29, 1.82) is 0 Å². The first-order valence-corrected chi connectivity index (χ1v) is 11.7. The van der Waals surface area contributed by atoms with Crippen molar-refractivity contribution >= 4 is 45.1 Å². The molecule has 9 nitrogen and oxygen atoms in total. The predicted molar refractivity (Wildman–Crippen MR) is 139 cm³/mol. The average molecular weight is 502 g/mol. The van der Waals surface area contributed by atoms with Gasteiger partial charge in [0, 0.05) is 35.3 Å². The molecule has 0 fully saturated rings. The fourth-order valence-corrected chi connectivity index (χ4v) is 4.45. The molecule has 0 atom stereocenters. The van der Waals surface area contributed by atoms with Crippen molar-refractivity contribution in [2.75, 3.05) is 12.8 Å². The molecule has 0 radical (unpaired) electrons. The van der Waals surface area contributed by atoms with Crippen LogP contribution >= 0.6 is 11.6 Å². The van der Waals surface area contributed by atoms with E-state index in [0.29, 0.717) is 40.7 Å². The number of pyridine rings is 3. The highest BCUT2D eigenvalue weighted by molar-refractivity contribution is 6.31. The van der Waals surface area contributed by atoms with Crippen LogP contribution in [0.15, 0.2) is 48.8 Å². The van der Waals surface area contributed by atoms with Gasteiger partial charge in [0.15, 0.2) is 5.69 Å². The fourth-order valence-electron chi connectivity index (χ4n) is 4.29. The van der Waals surface area contributed by atoms with Gasteiger partial charge in [-0.25, -0.2) is 9.97 Å². The summed E-state index contributed by atoms with van der Waals surface area (Å²) in [5, 5.41) is 9.78. The van der Waals surface area contributed by atoms with E-state index < -0.39 is 0 Å². The van der Waals surface area contributed by atoms with Crippen LogP contribution in [0.25, 0.3) is 21.8 Å². The molecule has 1 amide bonds. The van der Waals surface area contributed by atoms with E-state index in [0.717, 1.165) is 33.3 Å². The Hall–Kier alpha value is -4.24. The summed E-state index contributed by atoms with van der Waals surface area (Å²) in [6.07, 6.45) is 3.29. The normalized spacial score (nSPS) is 11.2. The van der Waals surface area contributed by atoms with Crippen LogP contribution in [0.3, 0.4) is 0 Å². The summed E-state index contributed by atoms with van der Waals surface area (Å²) in [7, 11) is 1.53. The third-order valence-corrected chi connectivity index (χ3v) is 6.29. The molecule has 36 heavy (non-hydrogen) atoms. The number of halogens is 1. The van der Waals surface area contributed by atoms with E-state index in [1.54, 1.807) is 29.2 Å². The number of fused-ring (bicyclic) bond motifs is 2. The van der Waals surface area contributed by atoms with Crippen LogP contribution in [0.1, 0.15) is 32.9 Å². The van der Waals surface area contributed by atoms with E-state index in [4.69, 9.17) is 22.1 Å². The molecule has 4 aromatic heterocycles. The standard InChI is InChI=1S/C26H24ClN7O2/c1-14-6-23(28)32-15(2)20(14)11-31-26(35)25-19-9-24(36-3)30-12-22(19)34(33-25)13-16-4-5-21-17(7-16)8-18(27)10-29-21/h4-10,12H,11,13H2,1-3H3,(H2,28,32)(H,31,35). The number of aromatic nitrogens is 5. The minimum atomic E-state index is -0.308. The number of ether oxygens (including phenoxy) is 1. The van der Waals surface area contributed by atoms with E-state index in [-0.39, 0.29) is 11.6 Å². The molecule has 3 N–H and O–H groups in total. The first-order valence-electron chi connectivity index (χ1n) is 11.3. The van der Waals surface area contributed by atoms with Crippen molar-refractivity contribution in [2.45, 2.75) is 26.9 Å². The molecule has 5 rings (SSSR count). The van der Waals surface area contributed by atoms with Crippen molar-refractivity contribution in [2.24, 2.45) is 0 Å². The maximum absolute atomic E-state index is 13.3. The lowest BCUT2D eigenvalue weighted by molar-refractivity contribution is 0.0946. The molecule has 4 heterocycles. The highest BCUT2D eigenvalue weighted by Gasteiger charge is 2.19. The van der Waals surface area contributed by atoms with Crippen molar-refractivity contribution in [3.8, 4) is 5.88 Å². The number of methoxy groups -OCH3 is 1. The summed E-state index contributed by atoms with van der Waals surface area (Å²) in [6, 6.07) is 11.3. The fraction of sp³-hybridized carbons (Fsp3) is 0.192. The molecule has 5 aromatic rings. The number of carbonyl (C=O) groups is 1. The molecule has 0 bridgehead atoms. The van der Waals surface area contributed by atoms with Gasteiger partial charge in [-0.1, -0.05) is 17.7 Å². The molecule has 1 aromatic carbocycles. The summed E-state index contributed by atoms with van der Waals surface area (Å²) >= 11 is 6.12. The molecular formula is C26H24ClN7O2. The molecule has 0 aliphatic heterocycles. The number of carbonyl (C=O) groups excluding carboxylic acids is 1. The van der Waals surface area contributed by atoms with Gasteiger partial charge < -0.3 is 15.8 Å². The Morgan fingerprint density at radius 2 is 1.97 bits per heavy atom. The van der Waals surface area contributed by atoms with Crippen LogP contribution in [0.5, 0.6) is 5.88 Å². The third kappa shape index (κ3) is 4.52. The van der Waals surface area contributed by atoms with Crippen LogP contribution in [-0.4, -0.2) is 37.7 Å². The second kappa shape index (κ2) is 9.43. The molecule has 0 aliphatic rings. The smallest absolute Gasteiger partial charge is 0.272 e. The Morgan fingerprint density at radius 3 is 2.75 bits per heavy atom. The lowest BCUT2D eigenvalue weighted by Gasteiger charge is -2.11. The van der Waals surface area contributed by atoms with Gasteiger partial charge in [0.1, 0.15) is 5.82 Å². The Labute approximate surface area is 212 Å². The lowest BCUT2D eigenvalue weighted by Crippen LogP contribution is -2.25. The van der Waals surface area contributed by atoms with Gasteiger partial charge >= 0.3 is 0 Å². The maximum atomic E-state index is 13.3. The topological polar surface area (TPSA) is 121 Å². The van der Waals surface area contributed by atoms with Crippen LogP contribution in [-0.2, 0) is 13.1 Å². The largest absolute Gasteiger partial charge is 0.481 e. The second-order valence-electron chi connectivity index (χ2n) is 8.54. The van der Waals surface area contributed by atoms with E-state index in [9.17, 15) is 4.79 Å². The Balaban J connectivity index is 1.48. The molecule has 0 saturated carbocycles. The zero-order valence-electron chi connectivity index (χ0n) is 20.0. The third-order valence-electron chi connectivity index (χ3n) is 6.08. The maximum Gasteiger partial charge on any atom is 0.272 e. The highest BCUT2D eigenvalue weighted by atomic mass is 35.5. The van der Waals surface area contributed by atoms with Gasteiger partial charge in [-0.2, -0.15) is 5.10 Å². The van der Waals surface area contributed by atoms with Gasteiger partial charge in [-0.15, -0.1) is 0 Å². The van der Waals surface area contributed by atoms with Gasteiger partial charge in [-0.3, -0.25) is 14.5 Å².